The lowest BCUT2D eigenvalue weighted by Gasteiger charge is -2.22. The summed E-state index contributed by atoms with van der Waals surface area (Å²) in [6.45, 7) is 4.92. The van der Waals surface area contributed by atoms with E-state index in [1.165, 1.54) is 205 Å². The highest BCUT2D eigenvalue weighted by molar-refractivity contribution is 5.76. The monoisotopic (exact) mass is 888 g/mol. The number of ether oxygens (including phenoxy) is 1. The molecule has 6 heteroatoms. The predicted molar refractivity (Wildman–Crippen MR) is 273 cm³/mol. The van der Waals surface area contributed by atoms with E-state index < -0.39 is 12.1 Å². The van der Waals surface area contributed by atoms with Crippen molar-refractivity contribution in [3.05, 3.63) is 24.3 Å². The second-order valence-corrected chi connectivity index (χ2v) is 19.3. The minimum Gasteiger partial charge on any atom is -0.466 e. The molecule has 0 aliphatic heterocycles. The number of rotatable bonds is 52. The van der Waals surface area contributed by atoms with Gasteiger partial charge in [-0.15, -0.1) is 0 Å². The van der Waals surface area contributed by atoms with Gasteiger partial charge in [0.05, 0.1) is 25.4 Å². The number of allylic oxidation sites excluding steroid dienone is 4. The summed E-state index contributed by atoms with van der Waals surface area (Å²) in [4.78, 5) is 24.5. The molecule has 0 saturated carbocycles. The number of nitrogens with one attached hydrogen (secondary N) is 1. The van der Waals surface area contributed by atoms with Crippen LogP contribution in [0.5, 0.6) is 0 Å². The van der Waals surface area contributed by atoms with Crippen molar-refractivity contribution >= 4 is 11.9 Å². The topological polar surface area (TPSA) is 95.9 Å². The van der Waals surface area contributed by atoms with Crippen LogP contribution in [0.15, 0.2) is 24.3 Å². The van der Waals surface area contributed by atoms with Crippen molar-refractivity contribution in [1.82, 2.24) is 5.32 Å². The molecule has 0 bridgehead atoms. The maximum absolute atomic E-state index is 12.4. The highest BCUT2D eigenvalue weighted by atomic mass is 16.5. The minimum absolute atomic E-state index is 0.00331. The Morgan fingerprint density at radius 1 is 0.429 bits per heavy atom. The average Bonchev–Trinajstić information content (AvgIpc) is 3.28. The van der Waals surface area contributed by atoms with Gasteiger partial charge in [0.2, 0.25) is 5.91 Å². The third-order valence-electron chi connectivity index (χ3n) is 13.0. The van der Waals surface area contributed by atoms with E-state index in [2.05, 4.69) is 43.5 Å². The second kappa shape index (κ2) is 53.0. The van der Waals surface area contributed by atoms with E-state index in [0.717, 1.165) is 64.2 Å². The Labute approximate surface area is 392 Å². The standard InChI is InChI=1S/C57H109NO5/c1-3-5-7-9-11-13-15-16-17-18-19-20-24-27-31-35-39-43-47-51-57(62)63-52-48-44-40-36-32-28-25-22-21-23-26-30-34-38-42-46-50-56(61)58-54(53-59)55(60)49-45-41-37-33-29-14-12-10-8-6-4-2/h16-17,21,23,54-55,59-60H,3-15,18-20,22,24-53H2,1-2H3,(H,58,61)/b17-16-,23-21-. The van der Waals surface area contributed by atoms with Crippen molar-refractivity contribution in [1.29, 1.82) is 0 Å². The molecular weight excluding hydrogens is 779 g/mol. The van der Waals surface area contributed by atoms with Crippen LogP contribution in [-0.2, 0) is 14.3 Å². The first kappa shape index (κ1) is 61.3. The molecule has 0 aromatic rings. The fraction of sp³-hybridized carbons (Fsp3) is 0.895. The van der Waals surface area contributed by atoms with Gasteiger partial charge in [-0.2, -0.15) is 0 Å². The first-order valence-electron chi connectivity index (χ1n) is 28.1. The Bertz CT molecular complexity index is 982. The number of aliphatic hydroxyl groups is 2. The van der Waals surface area contributed by atoms with Gasteiger partial charge in [-0.05, 0) is 77.0 Å². The predicted octanol–water partition coefficient (Wildman–Crippen LogP) is 17.1. The SMILES string of the molecule is CCCCCCCC/C=C\CCCCCCCCCCCC(=O)OCCCCCCCCC/C=C\CCCCCCCC(=O)NC(CO)C(O)CCCCCCCCCCCCC. The Morgan fingerprint density at radius 3 is 1.13 bits per heavy atom. The zero-order chi connectivity index (χ0) is 45.8. The number of amides is 1. The quantitative estimate of drug-likeness (QED) is 0.0321. The van der Waals surface area contributed by atoms with E-state index in [1.807, 2.05) is 0 Å². The van der Waals surface area contributed by atoms with Crippen LogP contribution < -0.4 is 5.32 Å². The molecular formula is C57H109NO5. The number of esters is 1. The van der Waals surface area contributed by atoms with E-state index in [-0.39, 0.29) is 18.5 Å². The fourth-order valence-corrected chi connectivity index (χ4v) is 8.63. The lowest BCUT2D eigenvalue weighted by Crippen LogP contribution is -2.45. The maximum Gasteiger partial charge on any atom is 0.305 e. The summed E-state index contributed by atoms with van der Waals surface area (Å²) in [5.74, 6) is -0.0562. The zero-order valence-corrected chi connectivity index (χ0v) is 42.3. The van der Waals surface area contributed by atoms with Crippen LogP contribution in [0.4, 0.5) is 0 Å². The number of unbranched alkanes of at least 4 members (excludes halogenated alkanes) is 37. The maximum atomic E-state index is 12.4. The summed E-state index contributed by atoms with van der Waals surface area (Å²) in [5, 5.41) is 23.1. The first-order valence-corrected chi connectivity index (χ1v) is 28.1. The van der Waals surface area contributed by atoms with Crippen LogP contribution in [0.3, 0.4) is 0 Å². The van der Waals surface area contributed by atoms with Gasteiger partial charge in [-0.3, -0.25) is 9.59 Å². The molecule has 0 aromatic carbocycles. The molecule has 0 fully saturated rings. The highest BCUT2D eigenvalue weighted by Crippen LogP contribution is 2.16. The van der Waals surface area contributed by atoms with Crippen LogP contribution in [-0.4, -0.2) is 47.4 Å². The highest BCUT2D eigenvalue weighted by Gasteiger charge is 2.20. The first-order chi connectivity index (χ1) is 31.0. The molecule has 63 heavy (non-hydrogen) atoms. The smallest absolute Gasteiger partial charge is 0.305 e. The van der Waals surface area contributed by atoms with Gasteiger partial charge in [0, 0.05) is 12.8 Å². The van der Waals surface area contributed by atoms with E-state index in [4.69, 9.17) is 4.74 Å². The third kappa shape index (κ3) is 49.6. The molecule has 0 aliphatic rings. The number of carbonyl (C=O) groups excluding carboxylic acids is 2. The van der Waals surface area contributed by atoms with Gasteiger partial charge in [0.25, 0.3) is 0 Å². The Kier molecular flexibility index (Phi) is 51.6. The van der Waals surface area contributed by atoms with Crippen LogP contribution in [0, 0.1) is 0 Å². The Hall–Kier alpha value is -1.66. The van der Waals surface area contributed by atoms with E-state index in [1.54, 1.807) is 0 Å². The average molecular weight is 889 g/mol. The van der Waals surface area contributed by atoms with Crippen LogP contribution in [0.1, 0.15) is 303 Å². The molecule has 6 nitrogen and oxygen atoms in total. The van der Waals surface area contributed by atoms with Gasteiger partial charge >= 0.3 is 5.97 Å². The number of carbonyl (C=O) groups is 2. The van der Waals surface area contributed by atoms with Crippen molar-refractivity contribution in [2.75, 3.05) is 13.2 Å². The lowest BCUT2D eigenvalue weighted by atomic mass is 10.0. The molecule has 0 radical (unpaired) electrons. The largest absolute Gasteiger partial charge is 0.466 e. The summed E-state index contributed by atoms with van der Waals surface area (Å²) in [6, 6.07) is -0.552. The molecule has 1 amide bonds. The number of hydrogen-bond acceptors (Lipinski definition) is 5. The van der Waals surface area contributed by atoms with E-state index in [0.29, 0.717) is 25.9 Å². The van der Waals surface area contributed by atoms with Crippen molar-refractivity contribution in [2.24, 2.45) is 0 Å². The molecule has 2 unspecified atom stereocenters. The molecule has 0 spiro atoms. The summed E-state index contributed by atoms with van der Waals surface area (Å²) in [7, 11) is 0. The van der Waals surface area contributed by atoms with Gasteiger partial charge in [-0.25, -0.2) is 0 Å². The molecule has 0 aliphatic carbocycles. The molecule has 0 heterocycles. The van der Waals surface area contributed by atoms with Crippen molar-refractivity contribution in [3.8, 4) is 0 Å². The van der Waals surface area contributed by atoms with Gasteiger partial charge in [0.15, 0.2) is 0 Å². The molecule has 2 atom stereocenters. The summed E-state index contributed by atoms with van der Waals surface area (Å²) >= 11 is 0. The van der Waals surface area contributed by atoms with E-state index >= 15 is 0 Å². The molecule has 0 aromatic heterocycles. The molecule has 372 valence electrons. The van der Waals surface area contributed by atoms with Gasteiger partial charge < -0.3 is 20.3 Å². The fourth-order valence-electron chi connectivity index (χ4n) is 8.63. The third-order valence-corrected chi connectivity index (χ3v) is 13.0. The van der Waals surface area contributed by atoms with Crippen LogP contribution >= 0.6 is 0 Å². The van der Waals surface area contributed by atoms with Gasteiger partial charge in [0.1, 0.15) is 0 Å². The second-order valence-electron chi connectivity index (χ2n) is 19.3. The summed E-state index contributed by atoms with van der Waals surface area (Å²) in [5.41, 5.74) is 0. The summed E-state index contributed by atoms with van der Waals surface area (Å²) < 4.78 is 5.48. The lowest BCUT2D eigenvalue weighted by molar-refractivity contribution is -0.143. The van der Waals surface area contributed by atoms with Crippen molar-refractivity contribution < 1.29 is 24.5 Å². The Morgan fingerprint density at radius 2 is 0.746 bits per heavy atom. The van der Waals surface area contributed by atoms with Crippen LogP contribution in [0.2, 0.25) is 0 Å². The molecule has 0 rings (SSSR count). The number of hydrogen-bond donors (Lipinski definition) is 3. The zero-order valence-electron chi connectivity index (χ0n) is 42.3. The molecule has 3 N–H and O–H groups in total. The van der Waals surface area contributed by atoms with Gasteiger partial charge in [-0.1, -0.05) is 237 Å². The normalized spacial score (nSPS) is 12.8. The van der Waals surface area contributed by atoms with Crippen molar-refractivity contribution in [2.45, 2.75) is 315 Å². The Balaban J connectivity index is 3.43. The van der Waals surface area contributed by atoms with Crippen molar-refractivity contribution in [3.63, 3.8) is 0 Å². The number of aliphatic hydroxyl groups excluding tert-OH is 2. The minimum atomic E-state index is -0.673. The van der Waals surface area contributed by atoms with E-state index in [9.17, 15) is 19.8 Å². The molecule has 0 saturated heterocycles. The van der Waals surface area contributed by atoms with Crippen LogP contribution in [0.25, 0.3) is 0 Å². The summed E-state index contributed by atoms with van der Waals surface area (Å²) in [6.07, 6.45) is 63.1.